The quantitative estimate of drug-likeness (QED) is 0.633. The molecule has 1 atom stereocenters. The lowest BCUT2D eigenvalue weighted by Gasteiger charge is -2.30. The molecular weight excluding hydrogens is 390 g/mol. The molecule has 5 nitrogen and oxygen atoms in total. The molecule has 2 aromatic carbocycles. The standard InChI is InChI=1S/C18H18ClN3O2S2/c19-14-8-4-3-7-13(14)16-10-2-1-5-12-22(16)26(23,24)17-11-6-9-15-18(17)21-25-20-15/h3-4,6-9,11,16H,1-2,5,10,12H2/t16-/m0/s1. The largest absolute Gasteiger partial charge is 0.245 e. The van der Waals surface area contributed by atoms with Crippen molar-refractivity contribution in [1.82, 2.24) is 13.1 Å². The zero-order chi connectivity index (χ0) is 18.1. The number of halogens is 1. The Hall–Kier alpha value is -1.54. The van der Waals surface area contributed by atoms with Crippen molar-refractivity contribution in [2.75, 3.05) is 6.54 Å². The molecule has 4 rings (SSSR count). The van der Waals surface area contributed by atoms with Gasteiger partial charge in [-0.05, 0) is 36.6 Å². The highest BCUT2D eigenvalue weighted by Crippen LogP contribution is 2.38. The Morgan fingerprint density at radius 3 is 2.73 bits per heavy atom. The number of fused-ring (bicyclic) bond motifs is 1. The van der Waals surface area contributed by atoms with Crippen molar-refractivity contribution >= 4 is 44.4 Å². The molecular formula is C18H18ClN3O2S2. The van der Waals surface area contributed by atoms with Gasteiger partial charge in [0.1, 0.15) is 15.9 Å². The molecule has 26 heavy (non-hydrogen) atoms. The van der Waals surface area contributed by atoms with E-state index in [-0.39, 0.29) is 10.9 Å². The van der Waals surface area contributed by atoms with Crippen LogP contribution in [-0.4, -0.2) is 28.0 Å². The van der Waals surface area contributed by atoms with Gasteiger partial charge in [-0.3, -0.25) is 0 Å². The van der Waals surface area contributed by atoms with Crippen LogP contribution in [0, 0.1) is 0 Å². The van der Waals surface area contributed by atoms with Crippen LogP contribution in [0.4, 0.5) is 0 Å². The van der Waals surface area contributed by atoms with E-state index in [0.29, 0.717) is 22.6 Å². The molecule has 1 aliphatic rings. The molecule has 8 heteroatoms. The summed E-state index contributed by atoms with van der Waals surface area (Å²) in [5, 5.41) is 0.605. The predicted molar refractivity (Wildman–Crippen MR) is 104 cm³/mol. The van der Waals surface area contributed by atoms with E-state index < -0.39 is 10.0 Å². The molecule has 3 aromatic rings. The highest BCUT2D eigenvalue weighted by molar-refractivity contribution is 7.89. The first-order valence-electron chi connectivity index (χ1n) is 8.56. The van der Waals surface area contributed by atoms with E-state index in [1.807, 2.05) is 24.3 Å². The zero-order valence-corrected chi connectivity index (χ0v) is 16.4. The van der Waals surface area contributed by atoms with E-state index >= 15 is 0 Å². The number of sulfonamides is 1. The van der Waals surface area contributed by atoms with Crippen LogP contribution in [0.15, 0.2) is 47.4 Å². The van der Waals surface area contributed by atoms with E-state index in [4.69, 9.17) is 11.6 Å². The summed E-state index contributed by atoms with van der Waals surface area (Å²) >= 11 is 7.44. The number of aromatic nitrogens is 2. The van der Waals surface area contributed by atoms with E-state index in [1.54, 1.807) is 22.5 Å². The fourth-order valence-electron chi connectivity index (χ4n) is 3.54. The second-order valence-corrected chi connectivity index (χ2v) is 9.19. The predicted octanol–water partition coefficient (Wildman–Crippen LogP) is 4.65. The van der Waals surface area contributed by atoms with Gasteiger partial charge in [-0.1, -0.05) is 48.7 Å². The molecule has 136 valence electrons. The molecule has 1 aliphatic heterocycles. The van der Waals surface area contributed by atoms with Crippen LogP contribution in [0.1, 0.15) is 37.3 Å². The smallest absolute Gasteiger partial charge is 0.207 e. The van der Waals surface area contributed by atoms with E-state index in [2.05, 4.69) is 8.75 Å². The first-order valence-corrected chi connectivity index (χ1v) is 11.1. The molecule has 0 N–H and O–H groups in total. The Kier molecular flexibility index (Phi) is 4.96. The molecule has 2 heterocycles. The zero-order valence-electron chi connectivity index (χ0n) is 14.0. The van der Waals surface area contributed by atoms with Gasteiger partial charge >= 0.3 is 0 Å². The number of hydrogen-bond acceptors (Lipinski definition) is 5. The third-order valence-corrected chi connectivity index (χ3v) is 7.63. The average molecular weight is 408 g/mol. The van der Waals surface area contributed by atoms with Gasteiger partial charge in [0.05, 0.1) is 17.8 Å². The summed E-state index contributed by atoms with van der Waals surface area (Å²) in [5.74, 6) is 0. The summed E-state index contributed by atoms with van der Waals surface area (Å²) in [5.41, 5.74) is 1.92. The lowest BCUT2D eigenvalue weighted by atomic mass is 10.0. The van der Waals surface area contributed by atoms with Crippen molar-refractivity contribution in [3.05, 3.63) is 53.1 Å². The van der Waals surface area contributed by atoms with Gasteiger partial charge in [-0.15, -0.1) is 0 Å². The molecule has 0 unspecified atom stereocenters. The van der Waals surface area contributed by atoms with Crippen molar-refractivity contribution in [3.63, 3.8) is 0 Å². The average Bonchev–Trinajstić information content (AvgIpc) is 2.98. The van der Waals surface area contributed by atoms with Gasteiger partial charge in [0.2, 0.25) is 10.0 Å². The van der Waals surface area contributed by atoms with Gasteiger partial charge in [0, 0.05) is 11.6 Å². The van der Waals surface area contributed by atoms with E-state index in [0.717, 1.165) is 43.0 Å². The number of nitrogens with zero attached hydrogens (tertiary/aromatic N) is 3. The van der Waals surface area contributed by atoms with Crippen LogP contribution in [-0.2, 0) is 10.0 Å². The Balaban J connectivity index is 1.84. The highest BCUT2D eigenvalue weighted by Gasteiger charge is 2.35. The minimum Gasteiger partial charge on any atom is -0.207 e. The van der Waals surface area contributed by atoms with Crippen molar-refractivity contribution < 1.29 is 8.42 Å². The topological polar surface area (TPSA) is 63.2 Å². The lowest BCUT2D eigenvalue weighted by Crippen LogP contribution is -2.35. The fraction of sp³-hybridized carbons (Fsp3) is 0.333. The normalized spacial score (nSPS) is 19.5. The summed E-state index contributed by atoms with van der Waals surface area (Å²) in [7, 11) is -3.72. The Bertz CT molecular complexity index is 1040. The van der Waals surface area contributed by atoms with Gasteiger partial charge < -0.3 is 0 Å². The highest BCUT2D eigenvalue weighted by atomic mass is 35.5. The van der Waals surface area contributed by atoms with Crippen LogP contribution in [0.3, 0.4) is 0 Å². The summed E-state index contributed by atoms with van der Waals surface area (Å²) in [6.07, 6.45) is 3.58. The lowest BCUT2D eigenvalue weighted by molar-refractivity contribution is 0.329. The third kappa shape index (κ3) is 3.13. The summed E-state index contributed by atoms with van der Waals surface area (Å²) in [6.45, 7) is 0.478. The van der Waals surface area contributed by atoms with Crippen LogP contribution >= 0.6 is 23.3 Å². The van der Waals surface area contributed by atoms with Crippen LogP contribution in [0.2, 0.25) is 5.02 Å². The summed E-state index contributed by atoms with van der Waals surface area (Å²) < 4.78 is 37.1. The molecule has 1 saturated heterocycles. The van der Waals surface area contributed by atoms with Gasteiger partial charge in [-0.2, -0.15) is 13.1 Å². The second kappa shape index (κ2) is 7.23. The second-order valence-electron chi connectivity index (χ2n) is 6.39. The van der Waals surface area contributed by atoms with Gasteiger partial charge in [0.25, 0.3) is 0 Å². The van der Waals surface area contributed by atoms with Crippen molar-refractivity contribution in [1.29, 1.82) is 0 Å². The SMILES string of the molecule is O=S(=O)(c1cccc2nsnc12)N1CCCCC[C@H]1c1ccccc1Cl. The molecule has 0 bridgehead atoms. The van der Waals surface area contributed by atoms with Gasteiger partial charge in [0.15, 0.2) is 0 Å². The first kappa shape index (κ1) is 17.9. The molecule has 0 saturated carbocycles. The van der Waals surface area contributed by atoms with E-state index in [9.17, 15) is 8.42 Å². The van der Waals surface area contributed by atoms with Gasteiger partial charge in [-0.25, -0.2) is 8.42 Å². The van der Waals surface area contributed by atoms with Crippen molar-refractivity contribution in [2.45, 2.75) is 36.6 Å². The number of rotatable bonds is 3. The fourth-order valence-corrected chi connectivity index (χ4v) is 6.23. The summed E-state index contributed by atoms with van der Waals surface area (Å²) in [6, 6.07) is 12.4. The Labute approximate surface area is 162 Å². The summed E-state index contributed by atoms with van der Waals surface area (Å²) in [4.78, 5) is 0.225. The Morgan fingerprint density at radius 2 is 1.88 bits per heavy atom. The molecule has 0 spiro atoms. The monoisotopic (exact) mass is 407 g/mol. The first-order chi connectivity index (χ1) is 12.6. The maximum atomic E-state index is 13.6. The minimum absolute atomic E-state index is 0.225. The van der Waals surface area contributed by atoms with Crippen molar-refractivity contribution in [2.24, 2.45) is 0 Å². The number of hydrogen-bond donors (Lipinski definition) is 0. The Morgan fingerprint density at radius 1 is 1.04 bits per heavy atom. The maximum absolute atomic E-state index is 13.6. The minimum atomic E-state index is -3.72. The molecule has 0 radical (unpaired) electrons. The van der Waals surface area contributed by atoms with E-state index in [1.165, 1.54) is 0 Å². The molecule has 1 aromatic heterocycles. The third-order valence-electron chi connectivity index (χ3n) is 4.80. The molecule has 0 aliphatic carbocycles. The molecule has 0 amide bonds. The molecule has 1 fully saturated rings. The van der Waals surface area contributed by atoms with Crippen LogP contribution in [0.25, 0.3) is 11.0 Å². The van der Waals surface area contributed by atoms with Crippen LogP contribution in [0.5, 0.6) is 0 Å². The van der Waals surface area contributed by atoms with Crippen LogP contribution < -0.4 is 0 Å². The van der Waals surface area contributed by atoms with Crippen molar-refractivity contribution in [3.8, 4) is 0 Å². The number of benzene rings is 2. The maximum Gasteiger partial charge on any atom is 0.245 e.